The molecule has 6 nitrogen and oxygen atoms in total. The Kier molecular flexibility index (Phi) is 36.8. The maximum Gasteiger partial charge on any atom is 0.220 e. The van der Waals surface area contributed by atoms with Gasteiger partial charge >= 0.3 is 0 Å². The van der Waals surface area contributed by atoms with Crippen LogP contribution in [0.4, 0.5) is 0 Å². The molecule has 0 saturated carbocycles. The number of carbonyl (C=O) groups excluding carboxylic acids is 3. The van der Waals surface area contributed by atoms with E-state index in [4.69, 9.17) is 9.59 Å². The maximum absolute atomic E-state index is 11.9. The predicted octanol–water partition coefficient (Wildman–Crippen LogP) is 6.44. The van der Waals surface area contributed by atoms with Crippen molar-refractivity contribution < 1.29 is 14.4 Å². The predicted molar refractivity (Wildman–Crippen MR) is 157 cm³/mol. The molecule has 0 aromatic heterocycles. The molecule has 36 heavy (non-hydrogen) atoms. The third kappa shape index (κ3) is 36.1. The summed E-state index contributed by atoms with van der Waals surface area (Å²) in [6.07, 6.45) is 8.23. The lowest BCUT2D eigenvalue weighted by atomic mass is 10.00. The summed E-state index contributed by atoms with van der Waals surface area (Å²) in [5.41, 5.74) is 7.08. The van der Waals surface area contributed by atoms with Gasteiger partial charge in [0, 0.05) is 12.5 Å². The summed E-state index contributed by atoms with van der Waals surface area (Å²) in [6.45, 7) is 20.8. The lowest BCUT2D eigenvalue weighted by Gasteiger charge is -2.16. The molecule has 0 radical (unpaired) electrons. The van der Waals surface area contributed by atoms with Crippen LogP contribution in [0.3, 0.4) is 0 Å². The second-order valence-electron chi connectivity index (χ2n) is 8.90. The molecule has 1 rings (SSSR count). The molecule has 2 atom stereocenters. The Morgan fingerprint density at radius 1 is 1.00 bits per heavy atom. The van der Waals surface area contributed by atoms with E-state index in [-0.39, 0.29) is 11.9 Å². The Balaban J connectivity index is -0.000000249. The van der Waals surface area contributed by atoms with E-state index in [0.29, 0.717) is 25.2 Å². The first-order valence-electron chi connectivity index (χ1n) is 13.3. The van der Waals surface area contributed by atoms with E-state index in [1.165, 1.54) is 43.9 Å². The molecule has 4 N–H and O–H groups in total. The maximum atomic E-state index is 11.9. The van der Waals surface area contributed by atoms with Crippen LogP contribution in [0, 0.1) is 11.8 Å². The van der Waals surface area contributed by atoms with Gasteiger partial charge in [-0.2, -0.15) is 0 Å². The summed E-state index contributed by atoms with van der Waals surface area (Å²) < 4.78 is 0. The van der Waals surface area contributed by atoms with Crippen molar-refractivity contribution in [2.75, 3.05) is 7.05 Å². The van der Waals surface area contributed by atoms with E-state index in [1.54, 1.807) is 5.32 Å². The van der Waals surface area contributed by atoms with Crippen LogP contribution in [0.2, 0.25) is 0 Å². The van der Waals surface area contributed by atoms with Crippen LogP contribution < -0.4 is 16.4 Å². The number of hydrogen-bond acceptors (Lipinski definition) is 4. The highest BCUT2D eigenvalue weighted by atomic mass is 16.2. The molecular formula is C30H57N3O3. The van der Waals surface area contributed by atoms with Gasteiger partial charge in [-0.15, -0.1) is 6.58 Å². The molecule has 0 fully saturated rings. The summed E-state index contributed by atoms with van der Waals surface area (Å²) in [6, 6.07) is 10.5. The Bertz CT molecular complexity index is 613. The first-order chi connectivity index (χ1) is 17.2. The minimum atomic E-state index is 0.187. The number of allylic oxidation sites excluding steroid dienone is 1. The van der Waals surface area contributed by atoms with Crippen molar-refractivity contribution >= 4 is 18.7 Å². The summed E-state index contributed by atoms with van der Waals surface area (Å²) >= 11 is 0. The van der Waals surface area contributed by atoms with Crippen molar-refractivity contribution in [2.45, 2.75) is 106 Å². The van der Waals surface area contributed by atoms with E-state index < -0.39 is 0 Å². The zero-order chi connectivity index (χ0) is 28.8. The van der Waals surface area contributed by atoms with Crippen LogP contribution in [0.5, 0.6) is 0 Å². The number of nitrogens with two attached hydrogens (primary N) is 1. The summed E-state index contributed by atoms with van der Waals surface area (Å²) in [5.74, 6) is 1.50. The number of hydrogen-bond donors (Lipinski definition) is 3. The van der Waals surface area contributed by atoms with E-state index in [2.05, 4.69) is 71.3 Å². The van der Waals surface area contributed by atoms with Crippen LogP contribution >= 0.6 is 0 Å². The Hall–Kier alpha value is -2.47. The molecule has 1 aromatic rings. The molecule has 0 bridgehead atoms. The zero-order valence-electron chi connectivity index (χ0n) is 24.7. The fourth-order valence-electron chi connectivity index (χ4n) is 2.89. The topological polar surface area (TPSA) is 101 Å². The molecular weight excluding hydrogens is 450 g/mol. The lowest BCUT2D eigenvalue weighted by molar-refractivity contribution is -0.122. The van der Waals surface area contributed by atoms with Gasteiger partial charge in [-0.25, -0.2) is 0 Å². The minimum Gasteiger partial charge on any atom is -0.353 e. The Morgan fingerprint density at radius 2 is 1.53 bits per heavy atom. The van der Waals surface area contributed by atoms with E-state index in [1.807, 2.05) is 32.0 Å². The summed E-state index contributed by atoms with van der Waals surface area (Å²) in [5, 5.41) is 4.85. The van der Waals surface area contributed by atoms with Crippen LogP contribution in [0.1, 0.15) is 99.5 Å². The van der Waals surface area contributed by atoms with Gasteiger partial charge in [0.05, 0.1) is 0 Å². The van der Waals surface area contributed by atoms with Crippen molar-refractivity contribution in [3.8, 4) is 0 Å². The van der Waals surface area contributed by atoms with Crippen molar-refractivity contribution in [1.29, 1.82) is 0 Å². The number of imide groups is 1. The Labute approximate surface area is 222 Å². The molecule has 0 saturated heterocycles. The number of amides is 3. The number of carbonyl (C=O) groups is 3. The van der Waals surface area contributed by atoms with Gasteiger partial charge in [-0.3, -0.25) is 14.4 Å². The highest BCUT2D eigenvalue weighted by Crippen LogP contribution is 2.12. The van der Waals surface area contributed by atoms with Gasteiger partial charge in [0.1, 0.15) is 0 Å². The fourth-order valence-corrected chi connectivity index (χ4v) is 2.89. The molecule has 0 aliphatic heterocycles. The third-order valence-electron chi connectivity index (χ3n) is 4.66. The molecule has 0 aliphatic carbocycles. The molecule has 3 amide bonds. The summed E-state index contributed by atoms with van der Waals surface area (Å²) in [7, 11) is 1.50. The molecule has 210 valence electrons. The molecule has 0 aliphatic rings. The quantitative estimate of drug-likeness (QED) is 0.211. The molecule has 1 aromatic carbocycles. The SMILES string of the molecule is C=C(C)CCC(C)C.CC.CCCCC(C)CC(=O)NC(C)Cc1ccccc1.CN.O=CNC=O. The summed E-state index contributed by atoms with van der Waals surface area (Å²) in [4.78, 5) is 30.0. The van der Waals surface area contributed by atoms with Gasteiger partial charge in [-0.1, -0.05) is 96.7 Å². The molecule has 6 heteroatoms. The monoisotopic (exact) mass is 507 g/mol. The first kappa shape index (κ1) is 40.7. The molecule has 2 unspecified atom stereocenters. The number of benzene rings is 1. The molecule has 0 heterocycles. The Morgan fingerprint density at radius 3 is 1.89 bits per heavy atom. The number of nitrogens with one attached hydrogen (secondary N) is 2. The van der Waals surface area contributed by atoms with Gasteiger partial charge in [0.15, 0.2) is 0 Å². The van der Waals surface area contributed by atoms with Crippen LogP contribution in [0.15, 0.2) is 42.5 Å². The minimum absolute atomic E-state index is 0.187. The van der Waals surface area contributed by atoms with Gasteiger partial charge in [0.25, 0.3) is 0 Å². The largest absolute Gasteiger partial charge is 0.353 e. The zero-order valence-corrected chi connectivity index (χ0v) is 24.7. The fraction of sp³-hybridized carbons (Fsp3) is 0.633. The van der Waals surface area contributed by atoms with Crippen molar-refractivity contribution in [2.24, 2.45) is 17.6 Å². The van der Waals surface area contributed by atoms with Crippen molar-refractivity contribution in [3.63, 3.8) is 0 Å². The van der Waals surface area contributed by atoms with Crippen molar-refractivity contribution in [3.05, 3.63) is 48.0 Å². The molecule has 0 spiro atoms. The van der Waals surface area contributed by atoms with Gasteiger partial charge in [-0.05, 0) is 57.6 Å². The van der Waals surface area contributed by atoms with Crippen LogP contribution in [0.25, 0.3) is 0 Å². The lowest BCUT2D eigenvalue weighted by Crippen LogP contribution is -2.34. The number of unbranched alkanes of at least 4 members (excludes halogenated alkanes) is 1. The second kappa shape index (κ2) is 32.5. The first-order valence-corrected chi connectivity index (χ1v) is 13.3. The van der Waals surface area contributed by atoms with Gasteiger partial charge < -0.3 is 16.4 Å². The van der Waals surface area contributed by atoms with E-state index in [9.17, 15) is 4.79 Å². The second-order valence-corrected chi connectivity index (χ2v) is 8.90. The third-order valence-corrected chi connectivity index (χ3v) is 4.66. The van der Waals surface area contributed by atoms with Crippen molar-refractivity contribution in [1.82, 2.24) is 10.6 Å². The standard InChI is InChI=1S/C17H27NO.C8H16.C2H3NO2.C2H6.CH5N/c1-4-5-9-14(2)12-17(19)18-15(3)13-16-10-7-6-8-11-16;1-7(2)5-6-8(3)4;4-1-3-2-5;2*1-2/h6-8,10-11,14-15H,4-5,9,12-13H2,1-3H3,(H,18,19);8H,1,5-6H2,2-4H3;1-2H,(H,3,4,5);1-2H3;2H2,1H3. The average molecular weight is 508 g/mol. The smallest absolute Gasteiger partial charge is 0.220 e. The van der Waals surface area contributed by atoms with Gasteiger partial charge in [0.2, 0.25) is 18.7 Å². The van der Waals surface area contributed by atoms with Crippen LogP contribution in [-0.4, -0.2) is 31.8 Å². The van der Waals surface area contributed by atoms with Crippen LogP contribution in [-0.2, 0) is 20.8 Å². The number of rotatable bonds is 13. The average Bonchev–Trinajstić information content (AvgIpc) is 2.85. The highest BCUT2D eigenvalue weighted by Gasteiger charge is 2.11. The highest BCUT2D eigenvalue weighted by molar-refractivity contribution is 5.76. The normalized spacial score (nSPS) is 10.6. The van der Waals surface area contributed by atoms with E-state index >= 15 is 0 Å². The van der Waals surface area contributed by atoms with E-state index in [0.717, 1.165) is 18.8 Å².